The Balaban J connectivity index is 1.47. The number of benzene rings is 1. The highest BCUT2D eigenvalue weighted by Crippen LogP contribution is 2.20. The number of carbonyl (C=O) groups excluding carboxylic acids is 1. The predicted octanol–water partition coefficient (Wildman–Crippen LogP) is 2.70. The van der Waals surface area contributed by atoms with Crippen molar-refractivity contribution in [1.82, 2.24) is 15.0 Å². The molecule has 1 aliphatic heterocycles. The molecule has 0 saturated carbocycles. The first-order chi connectivity index (χ1) is 12.0. The second-order valence-electron chi connectivity index (χ2n) is 6.29. The van der Waals surface area contributed by atoms with E-state index >= 15 is 0 Å². The molecule has 0 radical (unpaired) electrons. The minimum Gasteiger partial charge on any atom is -0.375 e. The fraction of sp³-hybridized carbons (Fsp3) is 0.444. The second-order valence-corrected chi connectivity index (χ2v) is 6.70. The fourth-order valence-corrected chi connectivity index (χ4v) is 3.20. The summed E-state index contributed by atoms with van der Waals surface area (Å²) < 4.78 is 5.22. The van der Waals surface area contributed by atoms with Crippen LogP contribution in [0.1, 0.15) is 17.0 Å². The van der Waals surface area contributed by atoms with Gasteiger partial charge in [0.1, 0.15) is 5.76 Å². The summed E-state index contributed by atoms with van der Waals surface area (Å²) in [6.07, 6.45) is 0. The Hall–Kier alpha value is -2.05. The Morgan fingerprint density at radius 3 is 2.60 bits per heavy atom. The van der Waals surface area contributed by atoms with Crippen LogP contribution in [0.5, 0.6) is 0 Å². The van der Waals surface area contributed by atoms with Gasteiger partial charge >= 0.3 is 0 Å². The summed E-state index contributed by atoms with van der Waals surface area (Å²) in [7, 11) is 0. The van der Waals surface area contributed by atoms with E-state index in [1.807, 2.05) is 43.0 Å². The van der Waals surface area contributed by atoms with E-state index in [1.54, 1.807) is 0 Å². The number of hydrogen-bond donors (Lipinski definition) is 1. The highest BCUT2D eigenvalue weighted by atomic mass is 35.5. The quantitative estimate of drug-likeness (QED) is 0.886. The van der Waals surface area contributed by atoms with Gasteiger partial charge in [-0.1, -0.05) is 28.9 Å². The molecule has 6 nitrogen and oxygen atoms in total. The van der Waals surface area contributed by atoms with Crippen molar-refractivity contribution < 1.29 is 9.32 Å². The van der Waals surface area contributed by atoms with Crippen molar-refractivity contribution in [2.75, 3.05) is 38.0 Å². The molecular weight excluding hydrogens is 340 g/mol. The van der Waals surface area contributed by atoms with Gasteiger partial charge in [-0.3, -0.25) is 9.69 Å². The van der Waals surface area contributed by atoms with Crippen molar-refractivity contribution in [2.24, 2.45) is 0 Å². The van der Waals surface area contributed by atoms with Gasteiger partial charge < -0.3 is 14.7 Å². The first-order valence-corrected chi connectivity index (χ1v) is 8.82. The normalized spacial score (nSPS) is 15.4. The van der Waals surface area contributed by atoms with Crippen LogP contribution in [0.15, 0.2) is 28.8 Å². The number of para-hydroxylation sites is 1. The molecule has 0 spiro atoms. The summed E-state index contributed by atoms with van der Waals surface area (Å²) in [5.74, 6) is 0.969. The number of nitrogens with zero attached hydrogens (tertiary/aromatic N) is 3. The molecule has 1 fully saturated rings. The summed E-state index contributed by atoms with van der Waals surface area (Å²) in [4.78, 5) is 16.6. The molecule has 0 atom stereocenters. The van der Waals surface area contributed by atoms with Gasteiger partial charge in [0.15, 0.2) is 0 Å². The molecule has 1 aromatic carbocycles. The molecule has 0 bridgehead atoms. The zero-order chi connectivity index (χ0) is 17.8. The lowest BCUT2D eigenvalue weighted by Crippen LogP contribution is -2.49. The monoisotopic (exact) mass is 362 g/mol. The van der Waals surface area contributed by atoms with Crippen LogP contribution in [-0.2, 0) is 11.3 Å². The van der Waals surface area contributed by atoms with Crippen LogP contribution in [0.4, 0.5) is 5.69 Å². The van der Waals surface area contributed by atoms with Crippen LogP contribution in [-0.4, -0.2) is 53.6 Å². The second kappa shape index (κ2) is 7.89. The molecule has 1 aromatic heterocycles. The van der Waals surface area contributed by atoms with E-state index < -0.39 is 0 Å². The number of halogens is 1. The van der Waals surface area contributed by atoms with Gasteiger partial charge in [-0.15, -0.1) is 0 Å². The fourth-order valence-electron chi connectivity index (χ4n) is 2.99. The minimum atomic E-state index is 0.0944. The Bertz CT molecular complexity index is 719. The van der Waals surface area contributed by atoms with E-state index in [0.717, 1.165) is 55.4 Å². The lowest BCUT2D eigenvalue weighted by atomic mass is 10.2. The molecule has 25 heavy (non-hydrogen) atoms. The van der Waals surface area contributed by atoms with Crippen molar-refractivity contribution >= 4 is 23.2 Å². The Morgan fingerprint density at radius 1 is 1.24 bits per heavy atom. The topological polar surface area (TPSA) is 61.6 Å². The van der Waals surface area contributed by atoms with Gasteiger partial charge in [0.05, 0.1) is 22.9 Å². The maximum absolute atomic E-state index is 12.4. The Kier molecular flexibility index (Phi) is 5.60. The summed E-state index contributed by atoms with van der Waals surface area (Å²) in [6, 6.07) is 7.44. The highest BCUT2D eigenvalue weighted by Gasteiger charge is 2.22. The van der Waals surface area contributed by atoms with E-state index in [4.69, 9.17) is 16.1 Å². The number of anilines is 1. The summed E-state index contributed by atoms with van der Waals surface area (Å²) in [5.41, 5.74) is 2.88. The molecular formula is C18H23ClN4O2. The van der Waals surface area contributed by atoms with Gasteiger partial charge in [-0.05, 0) is 26.0 Å². The van der Waals surface area contributed by atoms with Crippen molar-refractivity contribution in [1.29, 1.82) is 0 Å². The third kappa shape index (κ3) is 4.32. The average molecular weight is 363 g/mol. The third-order valence-corrected chi connectivity index (χ3v) is 4.92. The zero-order valence-corrected chi connectivity index (χ0v) is 15.3. The molecule has 3 rings (SSSR count). The molecule has 7 heteroatoms. The Labute approximate surface area is 152 Å². The zero-order valence-electron chi connectivity index (χ0n) is 14.6. The van der Waals surface area contributed by atoms with Gasteiger partial charge in [0.25, 0.3) is 0 Å². The number of rotatable bonds is 5. The molecule has 0 unspecified atom stereocenters. The lowest BCUT2D eigenvalue weighted by molar-refractivity contribution is -0.131. The number of amides is 1. The van der Waals surface area contributed by atoms with Gasteiger partial charge in [-0.2, -0.15) is 0 Å². The van der Waals surface area contributed by atoms with Gasteiger partial charge in [-0.25, -0.2) is 0 Å². The molecule has 1 N–H and O–H groups in total. The van der Waals surface area contributed by atoms with Crippen LogP contribution in [0.2, 0.25) is 5.02 Å². The van der Waals surface area contributed by atoms with E-state index in [1.165, 1.54) is 0 Å². The summed E-state index contributed by atoms with van der Waals surface area (Å²) in [6.45, 7) is 8.14. The van der Waals surface area contributed by atoms with Gasteiger partial charge in [0.2, 0.25) is 5.91 Å². The average Bonchev–Trinajstić information content (AvgIpc) is 2.93. The van der Waals surface area contributed by atoms with E-state index in [0.29, 0.717) is 5.02 Å². The Morgan fingerprint density at radius 2 is 1.96 bits per heavy atom. The SMILES string of the molecule is Cc1noc(C)c1CN1CCN(C(=O)CNc2ccccc2Cl)CC1. The molecule has 134 valence electrons. The number of aromatic nitrogens is 1. The van der Waals surface area contributed by atoms with E-state index in [-0.39, 0.29) is 12.5 Å². The predicted molar refractivity (Wildman–Crippen MR) is 97.8 cm³/mol. The van der Waals surface area contributed by atoms with Crippen molar-refractivity contribution in [2.45, 2.75) is 20.4 Å². The largest absolute Gasteiger partial charge is 0.375 e. The standard InChI is InChI=1S/C18H23ClN4O2/c1-13-15(14(2)25-21-13)12-22-7-9-23(10-8-22)18(24)11-20-17-6-4-3-5-16(17)19/h3-6,20H,7-12H2,1-2H3. The maximum atomic E-state index is 12.4. The van der Waals surface area contributed by atoms with Crippen molar-refractivity contribution in [3.05, 3.63) is 46.3 Å². The number of aryl methyl sites for hydroxylation is 2. The first-order valence-electron chi connectivity index (χ1n) is 8.45. The number of piperazine rings is 1. The van der Waals surface area contributed by atoms with Crippen molar-refractivity contribution in [3.63, 3.8) is 0 Å². The van der Waals surface area contributed by atoms with Crippen LogP contribution < -0.4 is 5.32 Å². The van der Waals surface area contributed by atoms with E-state index in [9.17, 15) is 4.79 Å². The van der Waals surface area contributed by atoms with Crippen LogP contribution in [0.25, 0.3) is 0 Å². The molecule has 2 heterocycles. The molecule has 1 aliphatic rings. The first kappa shape index (κ1) is 17.8. The third-order valence-electron chi connectivity index (χ3n) is 4.59. The molecule has 0 aliphatic carbocycles. The number of nitrogens with one attached hydrogen (secondary N) is 1. The van der Waals surface area contributed by atoms with Crippen LogP contribution in [0.3, 0.4) is 0 Å². The summed E-state index contributed by atoms with van der Waals surface area (Å²) >= 11 is 6.10. The van der Waals surface area contributed by atoms with E-state index in [2.05, 4.69) is 15.4 Å². The van der Waals surface area contributed by atoms with Crippen molar-refractivity contribution in [3.8, 4) is 0 Å². The number of carbonyl (C=O) groups is 1. The highest BCUT2D eigenvalue weighted by molar-refractivity contribution is 6.33. The smallest absolute Gasteiger partial charge is 0.241 e. The van der Waals surface area contributed by atoms with Crippen LogP contribution >= 0.6 is 11.6 Å². The lowest BCUT2D eigenvalue weighted by Gasteiger charge is -2.34. The molecule has 1 saturated heterocycles. The molecule has 2 aromatic rings. The maximum Gasteiger partial charge on any atom is 0.241 e. The van der Waals surface area contributed by atoms with Crippen LogP contribution in [0, 0.1) is 13.8 Å². The van der Waals surface area contributed by atoms with Gasteiger partial charge in [0, 0.05) is 38.3 Å². The summed E-state index contributed by atoms with van der Waals surface area (Å²) in [5, 5.41) is 7.74. The minimum absolute atomic E-state index is 0.0944. The molecule has 1 amide bonds. The number of hydrogen-bond acceptors (Lipinski definition) is 5.